The molecule has 1 rings (SSSR count). The van der Waals surface area contributed by atoms with E-state index < -0.39 is 0 Å². The Bertz CT molecular complexity index is 408. The summed E-state index contributed by atoms with van der Waals surface area (Å²) >= 11 is 0. The van der Waals surface area contributed by atoms with Crippen LogP contribution in [0, 0.1) is 5.92 Å². The topological polar surface area (TPSA) is 46.6 Å². The van der Waals surface area contributed by atoms with Crippen LogP contribution < -0.4 is 0 Å². The minimum absolute atomic E-state index is 0.0401. The Morgan fingerprint density at radius 2 is 1.58 bits per heavy atom. The molecule has 0 spiro atoms. The molecule has 1 fully saturated rings. The highest BCUT2D eigenvalue weighted by atomic mass is 16.5. The number of hydrogen-bond donors (Lipinski definition) is 0. The number of amides is 1. The van der Waals surface area contributed by atoms with Crippen molar-refractivity contribution in [3.63, 3.8) is 0 Å². The van der Waals surface area contributed by atoms with Crippen LogP contribution in [0.5, 0.6) is 0 Å². The first-order valence-electron chi connectivity index (χ1n) is 11.0. The van der Waals surface area contributed by atoms with Crippen LogP contribution in [0.4, 0.5) is 0 Å². The second-order valence-corrected chi connectivity index (χ2v) is 8.07. The number of ether oxygens (including phenoxy) is 1. The van der Waals surface area contributed by atoms with Gasteiger partial charge in [-0.15, -0.1) is 0 Å². The number of carbonyl (C=O) groups excluding carboxylic acids is 2. The molecule has 2 atom stereocenters. The van der Waals surface area contributed by atoms with Crippen molar-refractivity contribution in [3.05, 3.63) is 0 Å². The van der Waals surface area contributed by atoms with E-state index in [1.807, 2.05) is 18.7 Å². The molecular weight excluding hydrogens is 326 g/mol. The smallest absolute Gasteiger partial charge is 0.311 e. The highest BCUT2D eigenvalue weighted by Gasteiger charge is 2.43. The van der Waals surface area contributed by atoms with E-state index in [1.54, 1.807) is 0 Å². The molecule has 0 radical (unpaired) electrons. The van der Waals surface area contributed by atoms with Gasteiger partial charge in [-0.25, -0.2) is 0 Å². The van der Waals surface area contributed by atoms with Crippen molar-refractivity contribution in [2.24, 2.45) is 5.92 Å². The largest absolute Gasteiger partial charge is 0.463 e. The number of rotatable bonds is 14. The summed E-state index contributed by atoms with van der Waals surface area (Å²) in [5.41, 5.74) is 0. The lowest BCUT2D eigenvalue weighted by molar-refractivity contribution is -0.153. The van der Waals surface area contributed by atoms with Crippen molar-refractivity contribution in [2.75, 3.05) is 6.54 Å². The summed E-state index contributed by atoms with van der Waals surface area (Å²) in [4.78, 5) is 26.9. The summed E-state index contributed by atoms with van der Waals surface area (Å²) < 4.78 is 5.41. The molecule has 0 aromatic rings. The highest BCUT2D eigenvalue weighted by molar-refractivity contribution is 5.87. The van der Waals surface area contributed by atoms with Gasteiger partial charge < -0.3 is 9.64 Å². The third kappa shape index (κ3) is 8.09. The van der Waals surface area contributed by atoms with E-state index in [1.165, 1.54) is 44.9 Å². The fourth-order valence-corrected chi connectivity index (χ4v) is 3.88. The molecule has 1 aliphatic rings. The standard InChI is InChI=1S/C22H41NO3/c1-5-7-9-10-11-12-13-14-16-23-20(15-8-6-2)19(17-21(23)24)22(25)26-18(3)4/h18-20H,5-17H2,1-4H3. The first-order valence-corrected chi connectivity index (χ1v) is 11.0. The third-order valence-electron chi connectivity index (χ3n) is 5.34. The maximum absolute atomic E-state index is 12.5. The van der Waals surface area contributed by atoms with Gasteiger partial charge in [0.2, 0.25) is 5.91 Å². The van der Waals surface area contributed by atoms with Crippen molar-refractivity contribution in [1.82, 2.24) is 4.90 Å². The van der Waals surface area contributed by atoms with E-state index >= 15 is 0 Å². The van der Waals surface area contributed by atoms with Crippen molar-refractivity contribution >= 4 is 11.9 Å². The van der Waals surface area contributed by atoms with Gasteiger partial charge in [-0.1, -0.05) is 71.6 Å². The maximum Gasteiger partial charge on any atom is 0.311 e. The molecular formula is C22H41NO3. The lowest BCUT2D eigenvalue weighted by Gasteiger charge is -2.28. The number of hydrogen-bond acceptors (Lipinski definition) is 3. The minimum atomic E-state index is -0.273. The van der Waals surface area contributed by atoms with Crippen LogP contribution in [-0.4, -0.2) is 35.5 Å². The Balaban J connectivity index is 2.45. The predicted octanol–water partition coefficient (Wildman–Crippen LogP) is 5.49. The molecule has 0 saturated carbocycles. The van der Waals surface area contributed by atoms with E-state index in [9.17, 15) is 9.59 Å². The molecule has 1 saturated heterocycles. The van der Waals surface area contributed by atoms with Gasteiger partial charge >= 0.3 is 5.97 Å². The molecule has 1 heterocycles. The molecule has 0 aromatic carbocycles. The quantitative estimate of drug-likeness (QED) is 0.301. The average molecular weight is 368 g/mol. The van der Waals surface area contributed by atoms with Crippen LogP contribution in [-0.2, 0) is 14.3 Å². The van der Waals surface area contributed by atoms with E-state index in [0.717, 1.165) is 32.2 Å². The van der Waals surface area contributed by atoms with Gasteiger partial charge in [0.25, 0.3) is 0 Å². The molecule has 0 N–H and O–H groups in total. The Hall–Kier alpha value is -1.06. The summed E-state index contributed by atoms with van der Waals surface area (Å²) in [7, 11) is 0. The highest BCUT2D eigenvalue weighted by Crippen LogP contribution is 2.31. The molecule has 4 heteroatoms. The Morgan fingerprint density at radius 3 is 2.15 bits per heavy atom. The van der Waals surface area contributed by atoms with Gasteiger partial charge in [-0.05, 0) is 26.7 Å². The van der Waals surface area contributed by atoms with Crippen LogP contribution in [0.15, 0.2) is 0 Å². The molecule has 0 bridgehead atoms. The lowest BCUT2D eigenvalue weighted by Crippen LogP contribution is -2.38. The summed E-state index contributed by atoms with van der Waals surface area (Å²) in [6.07, 6.45) is 13.4. The molecule has 26 heavy (non-hydrogen) atoms. The van der Waals surface area contributed by atoms with Crippen molar-refractivity contribution < 1.29 is 14.3 Å². The van der Waals surface area contributed by atoms with Crippen molar-refractivity contribution in [3.8, 4) is 0 Å². The Morgan fingerprint density at radius 1 is 1.00 bits per heavy atom. The normalized spacial score (nSPS) is 20.2. The zero-order valence-corrected chi connectivity index (χ0v) is 17.6. The second kappa shape index (κ2) is 13.2. The van der Waals surface area contributed by atoms with Gasteiger partial charge in [-0.3, -0.25) is 9.59 Å². The summed E-state index contributed by atoms with van der Waals surface area (Å²) in [5, 5.41) is 0. The van der Waals surface area contributed by atoms with Crippen molar-refractivity contribution in [2.45, 2.75) is 117 Å². The van der Waals surface area contributed by atoms with Crippen molar-refractivity contribution in [1.29, 1.82) is 0 Å². The fraction of sp³-hybridized carbons (Fsp3) is 0.909. The molecule has 1 amide bonds. The van der Waals surface area contributed by atoms with E-state index in [4.69, 9.17) is 4.74 Å². The van der Waals surface area contributed by atoms with Gasteiger partial charge in [0.1, 0.15) is 0 Å². The number of esters is 1. The second-order valence-electron chi connectivity index (χ2n) is 8.07. The Labute approximate surface area is 161 Å². The van der Waals surface area contributed by atoms with Crippen LogP contribution >= 0.6 is 0 Å². The number of nitrogens with zero attached hydrogens (tertiary/aromatic N) is 1. The predicted molar refractivity (Wildman–Crippen MR) is 107 cm³/mol. The van der Waals surface area contributed by atoms with Crippen LogP contribution in [0.2, 0.25) is 0 Å². The molecule has 0 aliphatic carbocycles. The zero-order valence-electron chi connectivity index (χ0n) is 17.6. The first-order chi connectivity index (χ1) is 12.5. The molecule has 2 unspecified atom stereocenters. The monoisotopic (exact) mass is 367 g/mol. The number of carbonyl (C=O) groups is 2. The van der Waals surface area contributed by atoms with E-state index in [0.29, 0.717) is 6.42 Å². The number of unbranched alkanes of at least 4 members (excludes halogenated alkanes) is 8. The van der Waals surface area contributed by atoms with E-state index in [-0.39, 0.29) is 29.9 Å². The molecule has 0 aromatic heterocycles. The molecule has 152 valence electrons. The minimum Gasteiger partial charge on any atom is -0.463 e. The van der Waals surface area contributed by atoms with E-state index in [2.05, 4.69) is 13.8 Å². The van der Waals surface area contributed by atoms with Gasteiger partial charge in [0.05, 0.1) is 12.0 Å². The number of likely N-dealkylation sites (tertiary alicyclic amines) is 1. The van der Waals surface area contributed by atoms with Crippen LogP contribution in [0.25, 0.3) is 0 Å². The average Bonchev–Trinajstić information content (AvgIpc) is 2.91. The van der Waals surface area contributed by atoms with Crippen LogP contribution in [0.1, 0.15) is 105 Å². The lowest BCUT2D eigenvalue weighted by atomic mass is 9.95. The SMILES string of the molecule is CCCCCCCCCCN1C(=O)CC(C(=O)OC(C)C)C1CCCC. The summed E-state index contributed by atoms with van der Waals surface area (Å²) in [5.74, 6) is -0.321. The molecule has 1 aliphatic heterocycles. The third-order valence-corrected chi connectivity index (χ3v) is 5.34. The molecule has 4 nitrogen and oxygen atoms in total. The zero-order chi connectivity index (χ0) is 19.4. The summed E-state index contributed by atoms with van der Waals surface area (Å²) in [6, 6.07) is 0.0401. The first kappa shape index (κ1) is 23.0. The van der Waals surface area contributed by atoms with Gasteiger partial charge in [0, 0.05) is 19.0 Å². The Kier molecular flexibility index (Phi) is 11.6. The van der Waals surface area contributed by atoms with Gasteiger partial charge in [0.15, 0.2) is 0 Å². The van der Waals surface area contributed by atoms with Gasteiger partial charge in [-0.2, -0.15) is 0 Å². The maximum atomic E-state index is 12.5. The summed E-state index contributed by atoms with van der Waals surface area (Å²) in [6.45, 7) is 8.93. The fourth-order valence-electron chi connectivity index (χ4n) is 3.88. The van der Waals surface area contributed by atoms with Crippen LogP contribution in [0.3, 0.4) is 0 Å².